The maximum atomic E-state index is 13.5. The summed E-state index contributed by atoms with van der Waals surface area (Å²) in [5.74, 6) is -2.58. The number of nitrogens with one attached hydrogen (secondary N) is 1. The summed E-state index contributed by atoms with van der Waals surface area (Å²) in [6.45, 7) is 4.49. The summed E-state index contributed by atoms with van der Waals surface area (Å²) in [7, 11) is 0. The van der Waals surface area contributed by atoms with Crippen LogP contribution in [0.25, 0.3) is 0 Å². The largest absolute Gasteiger partial charge is 0.490 e. The van der Waals surface area contributed by atoms with E-state index in [2.05, 4.69) is 17.1 Å². The van der Waals surface area contributed by atoms with E-state index in [0.717, 1.165) is 12.2 Å². The fourth-order valence-electron chi connectivity index (χ4n) is 3.51. The number of carbonyl (C=O) groups is 2. The van der Waals surface area contributed by atoms with E-state index in [0.29, 0.717) is 23.8 Å². The molecule has 0 aromatic heterocycles. The molecule has 1 aliphatic heterocycles. The third-order valence-electron chi connectivity index (χ3n) is 5.16. The zero-order valence-electron chi connectivity index (χ0n) is 20.0. The monoisotopic (exact) mass is 550 g/mol. The van der Waals surface area contributed by atoms with Crippen LogP contribution < -0.4 is 14.8 Å². The highest BCUT2D eigenvalue weighted by Crippen LogP contribution is 2.27. The van der Waals surface area contributed by atoms with Crippen molar-refractivity contribution in [3.8, 4) is 11.5 Å². The van der Waals surface area contributed by atoms with E-state index < -0.39 is 24.1 Å². The molecule has 204 valence electrons. The molecule has 0 bridgehead atoms. The van der Waals surface area contributed by atoms with Crippen molar-refractivity contribution in [1.82, 2.24) is 4.90 Å². The molecule has 3 N–H and O–H groups in total. The minimum Gasteiger partial charge on any atom is -0.489 e. The summed E-state index contributed by atoms with van der Waals surface area (Å²) < 4.78 is 56.9. The van der Waals surface area contributed by atoms with Gasteiger partial charge in [-0.2, -0.15) is 13.2 Å². The van der Waals surface area contributed by atoms with Gasteiger partial charge in [-0.1, -0.05) is 11.6 Å². The summed E-state index contributed by atoms with van der Waals surface area (Å²) in [5, 5.41) is 20.8. The third kappa shape index (κ3) is 10.4. The van der Waals surface area contributed by atoms with Gasteiger partial charge in [0, 0.05) is 43.6 Å². The SMILES string of the molecule is CC(=O)Nc1ccc(F)cc1OC[C@@H](O)CN1C[C@@H](Oc2ccc(Cl)cc2)C[C@@H]1C.O=C(O)C(F)(F)F. The number of aliphatic hydroxyl groups excluding tert-OH is 1. The van der Waals surface area contributed by atoms with E-state index in [-0.39, 0.29) is 30.4 Å². The molecule has 0 aliphatic carbocycles. The molecule has 0 saturated carbocycles. The number of hydrogen-bond acceptors (Lipinski definition) is 6. The van der Waals surface area contributed by atoms with Gasteiger partial charge in [-0.3, -0.25) is 9.69 Å². The Hall–Kier alpha value is -3.09. The Morgan fingerprint density at radius 3 is 2.41 bits per heavy atom. The van der Waals surface area contributed by atoms with Gasteiger partial charge in [0.1, 0.15) is 36.1 Å². The fraction of sp³-hybridized carbons (Fsp3) is 0.417. The van der Waals surface area contributed by atoms with Crippen molar-refractivity contribution in [2.45, 2.75) is 44.7 Å². The molecule has 3 rings (SSSR count). The lowest BCUT2D eigenvalue weighted by Crippen LogP contribution is -2.38. The Morgan fingerprint density at radius 2 is 1.84 bits per heavy atom. The predicted molar refractivity (Wildman–Crippen MR) is 127 cm³/mol. The molecule has 0 radical (unpaired) electrons. The minimum absolute atomic E-state index is 0.0175. The van der Waals surface area contributed by atoms with Crippen molar-refractivity contribution >= 4 is 29.2 Å². The highest BCUT2D eigenvalue weighted by Gasteiger charge is 2.38. The number of likely N-dealkylation sites (tertiary alicyclic amines) is 1. The quantitative estimate of drug-likeness (QED) is 0.419. The molecule has 1 saturated heterocycles. The minimum atomic E-state index is -5.08. The Morgan fingerprint density at radius 1 is 1.22 bits per heavy atom. The molecule has 37 heavy (non-hydrogen) atoms. The zero-order chi connectivity index (χ0) is 27.8. The first-order chi connectivity index (χ1) is 17.2. The normalized spacial score (nSPS) is 18.4. The molecule has 1 fully saturated rings. The van der Waals surface area contributed by atoms with Crippen LogP contribution in [0, 0.1) is 5.82 Å². The van der Waals surface area contributed by atoms with E-state index in [4.69, 9.17) is 31.0 Å². The van der Waals surface area contributed by atoms with E-state index in [1.807, 2.05) is 12.1 Å². The molecule has 8 nitrogen and oxygen atoms in total. The van der Waals surface area contributed by atoms with Crippen molar-refractivity contribution < 1.29 is 46.8 Å². The van der Waals surface area contributed by atoms with Gasteiger partial charge in [0.15, 0.2) is 0 Å². The molecule has 1 aliphatic rings. The number of carbonyl (C=O) groups excluding carboxylic acids is 1. The van der Waals surface area contributed by atoms with Gasteiger partial charge < -0.3 is 25.0 Å². The number of carboxylic acids is 1. The number of carboxylic acid groups (broad SMARTS) is 1. The Labute approximate surface area is 215 Å². The summed E-state index contributed by atoms with van der Waals surface area (Å²) in [4.78, 5) is 22.3. The number of anilines is 1. The number of nitrogens with zero attached hydrogens (tertiary/aromatic N) is 1. The lowest BCUT2D eigenvalue weighted by atomic mass is 10.2. The number of aliphatic hydroxyl groups is 1. The predicted octanol–water partition coefficient (Wildman–Crippen LogP) is 4.35. The van der Waals surface area contributed by atoms with Crippen LogP contribution in [-0.4, -0.2) is 71.1 Å². The van der Waals surface area contributed by atoms with Crippen molar-refractivity contribution in [1.29, 1.82) is 0 Å². The van der Waals surface area contributed by atoms with Crippen molar-refractivity contribution in [3.05, 3.63) is 53.3 Å². The van der Waals surface area contributed by atoms with E-state index in [1.165, 1.54) is 25.1 Å². The maximum absolute atomic E-state index is 13.5. The summed E-state index contributed by atoms with van der Waals surface area (Å²) in [5.41, 5.74) is 0.363. The number of alkyl halides is 3. The number of aliphatic carboxylic acids is 1. The summed E-state index contributed by atoms with van der Waals surface area (Å²) in [6.07, 6.45) is -5.01. The van der Waals surface area contributed by atoms with Crippen LogP contribution in [0.1, 0.15) is 20.3 Å². The second-order valence-corrected chi connectivity index (χ2v) is 8.76. The number of amides is 1. The molecule has 2 aromatic carbocycles. The van der Waals surface area contributed by atoms with Gasteiger partial charge in [0.2, 0.25) is 5.91 Å². The van der Waals surface area contributed by atoms with Gasteiger partial charge in [0.25, 0.3) is 0 Å². The number of rotatable bonds is 8. The van der Waals surface area contributed by atoms with Gasteiger partial charge in [-0.05, 0) is 43.3 Å². The van der Waals surface area contributed by atoms with E-state index in [1.54, 1.807) is 12.1 Å². The zero-order valence-corrected chi connectivity index (χ0v) is 20.7. The number of ether oxygens (including phenoxy) is 2. The van der Waals surface area contributed by atoms with E-state index in [9.17, 15) is 27.5 Å². The number of β-amino-alcohol motifs (C(OH)–C–C–N with tert-alkyl or cyclic N) is 1. The van der Waals surface area contributed by atoms with Crippen LogP contribution in [0.15, 0.2) is 42.5 Å². The van der Waals surface area contributed by atoms with Gasteiger partial charge >= 0.3 is 12.1 Å². The van der Waals surface area contributed by atoms with Crippen molar-refractivity contribution in [2.24, 2.45) is 0 Å². The highest BCUT2D eigenvalue weighted by molar-refractivity contribution is 6.30. The first kappa shape index (κ1) is 30.1. The molecular weight excluding hydrogens is 524 g/mol. The van der Waals surface area contributed by atoms with Crippen molar-refractivity contribution in [2.75, 3.05) is 25.0 Å². The lowest BCUT2D eigenvalue weighted by Gasteiger charge is -2.24. The van der Waals surface area contributed by atoms with Crippen LogP contribution in [0.5, 0.6) is 11.5 Å². The number of hydrogen-bond donors (Lipinski definition) is 3. The Kier molecular flexibility index (Phi) is 11.0. The number of benzene rings is 2. The average molecular weight is 551 g/mol. The topological polar surface area (TPSA) is 108 Å². The van der Waals surface area contributed by atoms with Crippen LogP contribution in [-0.2, 0) is 9.59 Å². The van der Waals surface area contributed by atoms with E-state index >= 15 is 0 Å². The van der Waals surface area contributed by atoms with Gasteiger partial charge in [0.05, 0.1) is 5.69 Å². The second kappa shape index (κ2) is 13.5. The highest BCUT2D eigenvalue weighted by atomic mass is 35.5. The molecule has 13 heteroatoms. The van der Waals surface area contributed by atoms with Crippen LogP contribution >= 0.6 is 11.6 Å². The van der Waals surface area contributed by atoms with Crippen molar-refractivity contribution in [3.63, 3.8) is 0 Å². The summed E-state index contributed by atoms with van der Waals surface area (Å²) in [6, 6.07) is 11.3. The van der Waals surface area contributed by atoms with Crippen LogP contribution in [0.3, 0.4) is 0 Å². The Bertz CT molecular complexity index is 1050. The standard InChI is InChI=1S/C22H26ClFN2O4.C2HF3O2/c1-14-9-20(30-19-6-3-16(23)4-7-19)12-26(14)11-18(28)13-29-22-10-17(24)5-8-21(22)25-15(2)27;3-2(4,5)1(6)7/h3-8,10,14,18,20,28H,9,11-13H2,1-2H3,(H,25,27);(H,6,7)/t14-,18-,20-;/m0./s1. The molecule has 3 atom stereocenters. The third-order valence-corrected chi connectivity index (χ3v) is 5.41. The lowest BCUT2D eigenvalue weighted by molar-refractivity contribution is -0.192. The molecular formula is C24H27ClF4N2O6. The van der Waals surface area contributed by atoms with Crippen LogP contribution in [0.2, 0.25) is 5.02 Å². The van der Waals surface area contributed by atoms with Gasteiger partial charge in [-0.15, -0.1) is 0 Å². The molecule has 2 aromatic rings. The number of halogens is 5. The first-order valence-electron chi connectivity index (χ1n) is 11.1. The molecule has 1 amide bonds. The molecule has 0 spiro atoms. The molecule has 0 unspecified atom stereocenters. The van der Waals surface area contributed by atoms with Crippen LogP contribution in [0.4, 0.5) is 23.2 Å². The maximum Gasteiger partial charge on any atom is 0.490 e. The smallest absolute Gasteiger partial charge is 0.489 e. The fourth-order valence-corrected chi connectivity index (χ4v) is 3.63. The van der Waals surface area contributed by atoms with Gasteiger partial charge in [-0.25, -0.2) is 9.18 Å². The summed E-state index contributed by atoms with van der Waals surface area (Å²) >= 11 is 5.90. The second-order valence-electron chi connectivity index (χ2n) is 8.32. The molecule has 1 heterocycles. The Balaban J connectivity index is 0.000000604. The average Bonchev–Trinajstić information content (AvgIpc) is 3.13. The first-order valence-corrected chi connectivity index (χ1v) is 11.5.